The number of alkyl halides is 3. The van der Waals surface area contributed by atoms with E-state index < -0.39 is 43.2 Å². The van der Waals surface area contributed by atoms with E-state index in [2.05, 4.69) is 0 Å². The van der Waals surface area contributed by atoms with E-state index in [0.29, 0.717) is 0 Å². The Labute approximate surface area is 171 Å². The molecule has 0 atom stereocenters. The van der Waals surface area contributed by atoms with Gasteiger partial charge in [-0.05, 0) is 46.7 Å². The Morgan fingerprint density at radius 3 is 1.20 bits per heavy atom. The van der Waals surface area contributed by atoms with Gasteiger partial charge in [0.2, 0.25) is 0 Å². The highest BCUT2D eigenvalue weighted by atomic mass is 32.3. The van der Waals surface area contributed by atoms with Crippen LogP contribution in [0.25, 0.3) is 0 Å². The van der Waals surface area contributed by atoms with Gasteiger partial charge < -0.3 is 15.3 Å². The fourth-order valence-corrected chi connectivity index (χ4v) is 7.61. The van der Waals surface area contributed by atoms with Gasteiger partial charge in [-0.1, -0.05) is 36.4 Å². The minimum absolute atomic E-state index is 0.360. The fraction of sp³-hybridized carbons (Fsp3) is 0.0526. The molecule has 0 aliphatic heterocycles. The van der Waals surface area contributed by atoms with Crippen molar-refractivity contribution < 1.29 is 40.5 Å². The highest BCUT2D eigenvalue weighted by Gasteiger charge is 2.54. The van der Waals surface area contributed by atoms with Crippen molar-refractivity contribution in [3.8, 4) is 17.2 Å². The molecule has 11 heteroatoms. The summed E-state index contributed by atoms with van der Waals surface area (Å²) in [5, 5.41) is 31.4. The van der Waals surface area contributed by atoms with Crippen molar-refractivity contribution >= 4 is 20.4 Å². The number of halogens is 3. The smallest absolute Gasteiger partial charge is 0.507 e. The van der Waals surface area contributed by atoms with Gasteiger partial charge in [-0.2, -0.15) is 25.2 Å². The zero-order valence-corrected chi connectivity index (χ0v) is 16.6. The molecule has 3 rings (SSSR count). The van der Waals surface area contributed by atoms with Crippen molar-refractivity contribution in [1.29, 1.82) is 0 Å². The maximum atomic E-state index is 13.3. The SMILES string of the molecule is O=S(=O)(OS(c1ccccc1O)(c1ccccc1O)c1ccccc1O)C(F)(F)F. The van der Waals surface area contributed by atoms with Gasteiger partial charge in [0.25, 0.3) is 0 Å². The van der Waals surface area contributed by atoms with Crippen molar-refractivity contribution in [2.75, 3.05) is 0 Å². The van der Waals surface area contributed by atoms with E-state index in [1.165, 1.54) is 36.4 Å². The number of hydrogen-bond acceptors (Lipinski definition) is 6. The quantitative estimate of drug-likeness (QED) is 0.470. The minimum Gasteiger partial charge on any atom is -0.507 e. The van der Waals surface area contributed by atoms with Gasteiger partial charge in [-0.3, -0.25) is 0 Å². The fourth-order valence-electron chi connectivity index (χ4n) is 2.74. The van der Waals surface area contributed by atoms with Crippen molar-refractivity contribution in [3.05, 3.63) is 72.8 Å². The van der Waals surface area contributed by atoms with Crippen LogP contribution in [-0.2, 0) is 13.7 Å². The summed E-state index contributed by atoms with van der Waals surface area (Å²) < 4.78 is 69.1. The first kappa shape index (κ1) is 21.8. The standard InChI is InChI=1S/C19H15F3O6S2/c20-19(21,22)30(26,27)28-29(16-10-4-1-7-13(16)23,17-11-5-2-8-14(17)24)18-12-6-3-9-15(18)25/h1-12,23-25H. The first-order valence-electron chi connectivity index (χ1n) is 8.20. The van der Waals surface area contributed by atoms with Crippen LogP contribution in [0, 0.1) is 0 Å². The maximum absolute atomic E-state index is 13.3. The van der Waals surface area contributed by atoms with Crippen molar-refractivity contribution in [2.45, 2.75) is 20.2 Å². The molecule has 0 radical (unpaired) electrons. The summed E-state index contributed by atoms with van der Waals surface area (Å²) in [5.74, 6) is -1.76. The molecule has 3 N–H and O–H groups in total. The zero-order chi connectivity index (χ0) is 22.2. The molecular formula is C19H15F3O6S2. The largest absolute Gasteiger partial charge is 0.524 e. The number of phenolic OH excluding ortho intramolecular Hbond substituents is 3. The molecule has 0 bridgehead atoms. The van der Waals surface area contributed by atoms with Crippen LogP contribution < -0.4 is 0 Å². The van der Waals surface area contributed by atoms with Crippen LogP contribution in [0.2, 0.25) is 0 Å². The summed E-state index contributed by atoms with van der Waals surface area (Å²) in [5.41, 5.74) is -5.80. The van der Waals surface area contributed by atoms with Gasteiger partial charge in [-0.25, -0.2) is 0 Å². The van der Waals surface area contributed by atoms with Crippen molar-refractivity contribution in [1.82, 2.24) is 0 Å². The summed E-state index contributed by atoms with van der Waals surface area (Å²) in [6.45, 7) is 0. The lowest BCUT2D eigenvalue weighted by atomic mass is 10.3. The highest BCUT2D eigenvalue weighted by molar-refractivity contribution is 8.33. The summed E-state index contributed by atoms with van der Waals surface area (Å²) in [6, 6.07) is 15.0. The molecule has 0 amide bonds. The van der Waals surface area contributed by atoms with Crippen molar-refractivity contribution in [3.63, 3.8) is 0 Å². The van der Waals surface area contributed by atoms with Crippen LogP contribution in [0.1, 0.15) is 0 Å². The summed E-state index contributed by atoms with van der Waals surface area (Å²) in [4.78, 5) is -1.08. The predicted molar refractivity (Wildman–Crippen MR) is 103 cm³/mol. The van der Waals surface area contributed by atoms with Crippen LogP contribution >= 0.6 is 10.3 Å². The van der Waals surface area contributed by atoms with E-state index in [9.17, 15) is 36.9 Å². The first-order valence-corrected chi connectivity index (χ1v) is 11.2. The third kappa shape index (κ3) is 3.66. The number of phenols is 3. The van der Waals surface area contributed by atoms with Gasteiger partial charge >= 0.3 is 15.6 Å². The molecule has 30 heavy (non-hydrogen) atoms. The minimum atomic E-state index is -6.25. The molecular weight excluding hydrogens is 445 g/mol. The number of benzene rings is 3. The lowest BCUT2D eigenvalue weighted by Gasteiger charge is -2.39. The van der Waals surface area contributed by atoms with E-state index in [4.69, 9.17) is 3.63 Å². The molecule has 0 saturated carbocycles. The van der Waals surface area contributed by atoms with Gasteiger partial charge in [0.1, 0.15) is 17.2 Å². The van der Waals surface area contributed by atoms with Crippen LogP contribution in [0.15, 0.2) is 87.5 Å². The lowest BCUT2D eigenvalue weighted by molar-refractivity contribution is -0.0496. The second-order valence-corrected chi connectivity index (χ2v) is 10.3. The third-order valence-corrected chi connectivity index (χ3v) is 8.99. The second kappa shape index (κ2) is 7.74. The monoisotopic (exact) mass is 460 g/mol. The Hall–Kier alpha value is -2.89. The molecule has 0 heterocycles. The molecule has 160 valence electrons. The Morgan fingerprint density at radius 2 is 0.933 bits per heavy atom. The van der Waals surface area contributed by atoms with E-state index in [1.54, 1.807) is 0 Å². The van der Waals surface area contributed by atoms with E-state index in [1.807, 2.05) is 0 Å². The Kier molecular flexibility index (Phi) is 5.63. The lowest BCUT2D eigenvalue weighted by Crippen LogP contribution is -2.27. The van der Waals surface area contributed by atoms with Gasteiger partial charge in [0.05, 0.1) is 14.7 Å². The first-order chi connectivity index (χ1) is 14.0. The van der Waals surface area contributed by atoms with E-state index in [-0.39, 0.29) is 14.7 Å². The van der Waals surface area contributed by atoms with Crippen LogP contribution in [0.4, 0.5) is 13.2 Å². The van der Waals surface area contributed by atoms with Gasteiger partial charge in [0, 0.05) is 0 Å². The molecule has 6 nitrogen and oxygen atoms in total. The average Bonchev–Trinajstić information content (AvgIpc) is 2.67. The normalized spacial score (nSPS) is 13.2. The molecule has 0 aliphatic rings. The average molecular weight is 460 g/mol. The van der Waals surface area contributed by atoms with Crippen molar-refractivity contribution in [2.24, 2.45) is 0 Å². The summed E-state index contributed by atoms with van der Waals surface area (Å²) in [7, 11) is -10.3. The third-order valence-electron chi connectivity index (χ3n) is 4.00. The topological polar surface area (TPSA) is 104 Å². The molecule has 0 saturated heterocycles. The van der Waals surface area contributed by atoms with Gasteiger partial charge in [0.15, 0.2) is 0 Å². The number of hydrogen-bond donors (Lipinski definition) is 3. The molecule has 3 aromatic carbocycles. The maximum Gasteiger partial charge on any atom is 0.524 e. The molecule has 0 fully saturated rings. The Morgan fingerprint density at radius 1 is 0.633 bits per heavy atom. The molecule has 0 aromatic heterocycles. The second-order valence-electron chi connectivity index (χ2n) is 5.93. The van der Waals surface area contributed by atoms with Crippen LogP contribution in [0.3, 0.4) is 0 Å². The van der Waals surface area contributed by atoms with Crippen LogP contribution in [0.5, 0.6) is 17.2 Å². The molecule has 0 spiro atoms. The number of aromatic hydroxyl groups is 3. The summed E-state index contributed by atoms with van der Waals surface area (Å²) in [6.07, 6.45) is 0. The van der Waals surface area contributed by atoms with E-state index in [0.717, 1.165) is 36.4 Å². The molecule has 0 aliphatic carbocycles. The Balaban J connectivity index is 2.53. The zero-order valence-electron chi connectivity index (χ0n) is 14.9. The Bertz CT molecular complexity index is 1070. The highest BCUT2D eigenvalue weighted by Crippen LogP contribution is 2.75. The predicted octanol–water partition coefficient (Wildman–Crippen LogP) is 4.87. The summed E-state index contributed by atoms with van der Waals surface area (Å²) >= 11 is 0. The molecule has 3 aromatic rings. The van der Waals surface area contributed by atoms with Gasteiger partial charge in [-0.15, -0.1) is 0 Å². The van der Waals surface area contributed by atoms with E-state index >= 15 is 0 Å². The molecule has 0 unspecified atom stereocenters. The van der Waals surface area contributed by atoms with Crippen LogP contribution in [-0.4, -0.2) is 29.2 Å². The number of rotatable bonds is 5. The number of para-hydroxylation sites is 3.